The van der Waals surface area contributed by atoms with Gasteiger partial charge in [0.05, 0.1) is 10.6 Å². The lowest BCUT2D eigenvalue weighted by atomic mass is 10.2. The van der Waals surface area contributed by atoms with Crippen LogP contribution in [0, 0.1) is 6.92 Å². The molecule has 3 N–H and O–H groups in total. The first-order valence-corrected chi connectivity index (χ1v) is 7.80. The van der Waals surface area contributed by atoms with Gasteiger partial charge in [0.25, 0.3) is 10.0 Å². The van der Waals surface area contributed by atoms with Crippen LogP contribution in [0.25, 0.3) is 0 Å². The maximum Gasteiger partial charge on any atom is 0.261 e. The second-order valence-electron chi connectivity index (χ2n) is 4.16. The molecule has 0 aliphatic carbocycles. The highest BCUT2D eigenvalue weighted by molar-refractivity contribution is 9.10. The fraction of sp³-hybridized carbons (Fsp3) is 0.0769. The minimum atomic E-state index is -3.59. The van der Waals surface area contributed by atoms with Crippen molar-refractivity contribution in [2.24, 2.45) is 0 Å². The fourth-order valence-corrected chi connectivity index (χ4v) is 3.24. The van der Waals surface area contributed by atoms with E-state index in [4.69, 9.17) is 5.73 Å². The molecular weight excluding hydrogens is 328 g/mol. The summed E-state index contributed by atoms with van der Waals surface area (Å²) in [6, 6.07) is 11.6. The number of nitrogens with two attached hydrogens (primary N) is 1. The Morgan fingerprint density at radius 3 is 2.32 bits per heavy atom. The topological polar surface area (TPSA) is 72.2 Å². The Balaban J connectivity index is 2.33. The van der Waals surface area contributed by atoms with Crippen LogP contribution in [0.4, 0.5) is 11.4 Å². The van der Waals surface area contributed by atoms with Crippen LogP contribution < -0.4 is 10.5 Å². The summed E-state index contributed by atoms with van der Waals surface area (Å²) in [6.07, 6.45) is 0. The van der Waals surface area contributed by atoms with Gasteiger partial charge in [-0.15, -0.1) is 0 Å². The third-order valence-corrected chi connectivity index (χ3v) is 4.61. The monoisotopic (exact) mass is 340 g/mol. The zero-order chi connectivity index (χ0) is 14.0. The summed E-state index contributed by atoms with van der Waals surface area (Å²) in [7, 11) is -3.59. The lowest BCUT2D eigenvalue weighted by Gasteiger charge is -2.10. The lowest BCUT2D eigenvalue weighted by Crippen LogP contribution is -2.13. The first kappa shape index (κ1) is 13.9. The Morgan fingerprint density at radius 2 is 1.74 bits per heavy atom. The molecule has 0 amide bonds. The predicted molar refractivity (Wildman–Crippen MR) is 80.5 cm³/mol. The van der Waals surface area contributed by atoms with E-state index in [1.54, 1.807) is 42.5 Å². The summed E-state index contributed by atoms with van der Waals surface area (Å²) in [5.74, 6) is 0. The van der Waals surface area contributed by atoms with Crippen LogP contribution in [0.3, 0.4) is 0 Å². The largest absolute Gasteiger partial charge is 0.399 e. The third kappa shape index (κ3) is 3.27. The molecule has 2 rings (SSSR count). The van der Waals surface area contributed by atoms with E-state index < -0.39 is 10.0 Å². The molecule has 2 aromatic carbocycles. The number of anilines is 2. The Hall–Kier alpha value is -1.53. The van der Waals surface area contributed by atoms with Crippen LogP contribution >= 0.6 is 15.9 Å². The van der Waals surface area contributed by atoms with Crippen molar-refractivity contribution in [2.75, 3.05) is 10.5 Å². The summed E-state index contributed by atoms with van der Waals surface area (Å²) in [4.78, 5) is 0.224. The highest BCUT2D eigenvalue weighted by Crippen LogP contribution is 2.27. The molecular formula is C13H13BrN2O2S. The summed E-state index contributed by atoms with van der Waals surface area (Å²) < 4.78 is 27.5. The Kier molecular flexibility index (Phi) is 3.82. The number of sulfonamides is 1. The van der Waals surface area contributed by atoms with Crippen LogP contribution in [0.5, 0.6) is 0 Å². The van der Waals surface area contributed by atoms with E-state index in [1.165, 1.54) is 0 Å². The summed E-state index contributed by atoms with van der Waals surface area (Å²) in [5.41, 5.74) is 7.63. The molecule has 0 unspecified atom stereocenters. The first-order valence-electron chi connectivity index (χ1n) is 5.53. The molecule has 0 radical (unpaired) electrons. The zero-order valence-corrected chi connectivity index (χ0v) is 12.6. The minimum Gasteiger partial charge on any atom is -0.399 e. The number of nitrogen functional groups attached to an aromatic ring is 1. The number of aryl methyl sites for hydroxylation is 1. The maximum atomic E-state index is 12.2. The number of halogens is 1. The SMILES string of the molecule is Cc1ccc(S(=O)(=O)Nc2ccc(N)cc2Br)cc1. The molecule has 2 aromatic rings. The molecule has 4 nitrogen and oxygen atoms in total. The average Bonchev–Trinajstić information content (AvgIpc) is 2.33. The molecule has 100 valence electrons. The van der Waals surface area contributed by atoms with E-state index in [0.29, 0.717) is 15.8 Å². The van der Waals surface area contributed by atoms with Gasteiger partial charge in [-0.2, -0.15) is 0 Å². The van der Waals surface area contributed by atoms with Crippen LogP contribution in [0.2, 0.25) is 0 Å². The van der Waals surface area contributed by atoms with E-state index in [9.17, 15) is 8.42 Å². The number of nitrogens with one attached hydrogen (secondary N) is 1. The molecule has 0 heterocycles. The average molecular weight is 341 g/mol. The van der Waals surface area contributed by atoms with E-state index >= 15 is 0 Å². The van der Waals surface area contributed by atoms with Gasteiger partial charge in [0.1, 0.15) is 0 Å². The number of hydrogen-bond donors (Lipinski definition) is 2. The minimum absolute atomic E-state index is 0.224. The molecule has 0 fully saturated rings. The smallest absolute Gasteiger partial charge is 0.261 e. The van der Waals surface area contributed by atoms with Gasteiger partial charge in [0.2, 0.25) is 0 Å². The summed E-state index contributed by atoms with van der Waals surface area (Å²) in [5, 5.41) is 0. The van der Waals surface area contributed by atoms with Crippen LogP contribution in [-0.4, -0.2) is 8.42 Å². The van der Waals surface area contributed by atoms with E-state index in [2.05, 4.69) is 20.7 Å². The molecule has 0 bridgehead atoms. The van der Waals surface area contributed by atoms with Gasteiger partial charge < -0.3 is 5.73 Å². The Labute approximate surface area is 120 Å². The molecule has 6 heteroatoms. The third-order valence-electron chi connectivity index (χ3n) is 2.57. The van der Waals surface area contributed by atoms with Crippen molar-refractivity contribution in [3.05, 3.63) is 52.5 Å². The van der Waals surface area contributed by atoms with Crippen molar-refractivity contribution in [3.8, 4) is 0 Å². The van der Waals surface area contributed by atoms with Gasteiger partial charge in [-0.25, -0.2) is 8.42 Å². The van der Waals surface area contributed by atoms with E-state index in [0.717, 1.165) is 5.56 Å². The molecule has 0 spiro atoms. The number of rotatable bonds is 3. The molecule has 0 saturated carbocycles. The van der Waals surface area contributed by atoms with Gasteiger partial charge in [0.15, 0.2) is 0 Å². The number of benzene rings is 2. The van der Waals surface area contributed by atoms with Crippen LogP contribution in [0.1, 0.15) is 5.56 Å². The van der Waals surface area contributed by atoms with Crippen molar-refractivity contribution >= 4 is 37.3 Å². The van der Waals surface area contributed by atoms with Crippen molar-refractivity contribution in [1.82, 2.24) is 0 Å². The maximum absolute atomic E-state index is 12.2. The first-order chi connectivity index (χ1) is 8.88. The normalized spacial score (nSPS) is 11.3. The van der Waals surface area contributed by atoms with E-state index in [1.807, 2.05) is 6.92 Å². The summed E-state index contributed by atoms with van der Waals surface area (Å²) in [6.45, 7) is 1.90. The molecule has 0 aromatic heterocycles. The van der Waals surface area contributed by atoms with Gasteiger partial charge in [0, 0.05) is 10.2 Å². The highest BCUT2D eigenvalue weighted by atomic mass is 79.9. The highest BCUT2D eigenvalue weighted by Gasteiger charge is 2.15. The van der Waals surface area contributed by atoms with Crippen molar-refractivity contribution in [3.63, 3.8) is 0 Å². The van der Waals surface area contributed by atoms with Crippen molar-refractivity contribution in [1.29, 1.82) is 0 Å². The molecule has 0 atom stereocenters. The molecule has 0 aliphatic rings. The molecule has 19 heavy (non-hydrogen) atoms. The van der Waals surface area contributed by atoms with Gasteiger partial charge in [-0.1, -0.05) is 17.7 Å². The summed E-state index contributed by atoms with van der Waals surface area (Å²) >= 11 is 3.28. The predicted octanol–water partition coefficient (Wildman–Crippen LogP) is 3.14. The Bertz CT molecular complexity index is 697. The lowest BCUT2D eigenvalue weighted by molar-refractivity contribution is 0.601. The zero-order valence-electron chi connectivity index (χ0n) is 10.2. The van der Waals surface area contributed by atoms with Gasteiger partial charge in [-0.3, -0.25) is 4.72 Å². The molecule has 0 saturated heterocycles. The van der Waals surface area contributed by atoms with Crippen LogP contribution in [0.15, 0.2) is 51.8 Å². The van der Waals surface area contributed by atoms with Crippen LogP contribution in [-0.2, 0) is 10.0 Å². The quantitative estimate of drug-likeness (QED) is 0.843. The number of hydrogen-bond acceptors (Lipinski definition) is 3. The molecule has 0 aliphatic heterocycles. The van der Waals surface area contributed by atoms with Crippen molar-refractivity contribution < 1.29 is 8.42 Å². The van der Waals surface area contributed by atoms with E-state index in [-0.39, 0.29) is 4.90 Å². The van der Waals surface area contributed by atoms with Gasteiger partial charge in [-0.05, 0) is 53.2 Å². The second-order valence-corrected chi connectivity index (χ2v) is 6.69. The van der Waals surface area contributed by atoms with Crippen molar-refractivity contribution in [2.45, 2.75) is 11.8 Å². The second kappa shape index (κ2) is 5.22. The Morgan fingerprint density at radius 1 is 1.11 bits per heavy atom. The standard InChI is InChI=1S/C13H13BrN2O2S/c1-9-2-5-11(6-3-9)19(17,18)16-13-7-4-10(15)8-12(13)14/h2-8,16H,15H2,1H3. The fourth-order valence-electron chi connectivity index (χ4n) is 1.54. The van der Waals surface area contributed by atoms with Gasteiger partial charge >= 0.3 is 0 Å².